The molecule has 0 amide bonds. The number of furan rings is 1. The number of nitrogens with one attached hydrogen (secondary N) is 1. The Kier molecular flexibility index (Phi) is 3.92. The Labute approximate surface area is 153 Å². The van der Waals surface area contributed by atoms with Gasteiger partial charge in [-0.1, -0.05) is 6.07 Å². The second-order valence-corrected chi connectivity index (χ2v) is 7.90. The molecule has 4 rings (SSSR count). The third-order valence-corrected chi connectivity index (χ3v) is 5.05. The molecule has 0 radical (unpaired) electrons. The van der Waals surface area contributed by atoms with E-state index in [1.807, 2.05) is 24.3 Å². The SMILES string of the molecule is CC1(C)Cc2cc(/C=c3/s/c(=C\C(=O)c4ccco4)[nH]c3=O)ccc2O1. The molecule has 0 unspecified atom stereocenters. The molecule has 0 bridgehead atoms. The summed E-state index contributed by atoms with van der Waals surface area (Å²) < 4.78 is 12.0. The van der Waals surface area contributed by atoms with Gasteiger partial charge >= 0.3 is 0 Å². The molecule has 1 aromatic carbocycles. The molecule has 1 N–H and O–H groups in total. The van der Waals surface area contributed by atoms with Crippen molar-refractivity contribution in [3.63, 3.8) is 0 Å². The Bertz CT molecular complexity index is 1150. The van der Waals surface area contributed by atoms with Crippen LogP contribution in [0.25, 0.3) is 12.2 Å². The van der Waals surface area contributed by atoms with Gasteiger partial charge in [-0.2, -0.15) is 0 Å². The number of H-pyrrole nitrogens is 1. The van der Waals surface area contributed by atoms with Gasteiger partial charge in [-0.25, -0.2) is 0 Å². The van der Waals surface area contributed by atoms with E-state index in [0.717, 1.165) is 23.3 Å². The van der Waals surface area contributed by atoms with Gasteiger partial charge in [0.15, 0.2) is 5.76 Å². The fourth-order valence-corrected chi connectivity index (χ4v) is 3.89. The first kappa shape index (κ1) is 16.6. The number of ether oxygens (including phenoxy) is 1. The lowest BCUT2D eigenvalue weighted by molar-refractivity contribution is 0.103. The first-order valence-corrected chi connectivity index (χ1v) is 9.04. The normalized spacial score (nSPS) is 16.5. The van der Waals surface area contributed by atoms with E-state index >= 15 is 0 Å². The highest BCUT2D eigenvalue weighted by molar-refractivity contribution is 7.07. The van der Waals surface area contributed by atoms with Crippen LogP contribution in [-0.2, 0) is 6.42 Å². The van der Waals surface area contributed by atoms with Gasteiger partial charge in [-0.3, -0.25) is 9.59 Å². The van der Waals surface area contributed by atoms with Gasteiger partial charge in [-0.05, 0) is 55.3 Å². The standard InChI is InChI=1S/C20H17NO4S/c1-20(2)11-13-8-12(5-6-15(13)25-20)9-17-19(23)21-18(26-17)10-14(22)16-4-3-7-24-16/h3-10H,11H2,1-2H3,(H,21,23)/b17-9+,18-10-. The van der Waals surface area contributed by atoms with Crippen molar-refractivity contribution in [1.82, 2.24) is 4.98 Å². The number of aromatic nitrogens is 1. The fourth-order valence-electron chi connectivity index (χ4n) is 3.00. The lowest BCUT2D eigenvalue weighted by Gasteiger charge is -2.16. The molecule has 1 aliphatic rings. The number of hydrogen-bond donors (Lipinski definition) is 1. The molecule has 0 spiro atoms. The monoisotopic (exact) mass is 367 g/mol. The molecule has 0 atom stereocenters. The summed E-state index contributed by atoms with van der Waals surface area (Å²) in [6.45, 7) is 4.11. The van der Waals surface area contributed by atoms with Gasteiger partial charge in [0.1, 0.15) is 11.4 Å². The molecule has 5 nitrogen and oxygen atoms in total. The largest absolute Gasteiger partial charge is 0.487 e. The summed E-state index contributed by atoms with van der Waals surface area (Å²) in [5.41, 5.74) is 1.65. The average molecular weight is 367 g/mol. The average Bonchev–Trinajstić information content (AvgIpc) is 3.26. The summed E-state index contributed by atoms with van der Waals surface area (Å²) in [5, 5.41) is 0. The van der Waals surface area contributed by atoms with E-state index in [2.05, 4.69) is 18.8 Å². The number of carbonyl (C=O) groups is 1. The number of Topliss-reactive ketones (excluding diaryl/α,β-unsaturated/α-hetero) is 1. The molecule has 1 aliphatic heterocycles. The van der Waals surface area contributed by atoms with Crippen molar-refractivity contribution in [1.29, 1.82) is 0 Å². The lowest BCUT2D eigenvalue weighted by Crippen LogP contribution is -2.24. The Morgan fingerprint density at radius 2 is 2.15 bits per heavy atom. The van der Waals surface area contributed by atoms with E-state index in [1.54, 1.807) is 12.1 Å². The molecule has 0 fully saturated rings. The zero-order valence-corrected chi connectivity index (χ0v) is 15.2. The molecule has 132 valence electrons. The maximum Gasteiger partial charge on any atom is 0.266 e. The zero-order valence-electron chi connectivity index (χ0n) is 14.4. The first-order valence-electron chi connectivity index (χ1n) is 8.22. The maximum absolute atomic E-state index is 12.2. The van der Waals surface area contributed by atoms with Crippen LogP contribution in [0.3, 0.4) is 0 Å². The summed E-state index contributed by atoms with van der Waals surface area (Å²) in [6, 6.07) is 9.14. The number of aromatic amines is 1. The third-order valence-electron chi connectivity index (χ3n) is 4.09. The van der Waals surface area contributed by atoms with Crippen molar-refractivity contribution >= 4 is 29.3 Å². The molecule has 6 heteroatoms. The van der Waals surface area contributed by atoms with Gasteiger partial charge in [0, 0.05) is 12.5 Å². The minimum atomic E-state index is -0.282. The second-order valence-electron chi connectivity index (χ2n) is 6.82. The molecule has 26 heavy (non-hydrogen) atoms. The highest BCUT2D eigenvalue weighted by Gasteiger charge is 2.29. The van der Waals surface area contributed by atoms with E-state index < -0.39 is 0 Å². The molecule has 3 aromatic rings. The van der Waals surface area contributed by atoms with Gasteiger partial charge in [-0.15, -0.1) is 11.3 Å². The number of rotatable bonds is 3. The Morgan fingerprint density at radius 3 is 2.92 bits per heavy atom. The predicted molar refractivity (Wildman–Crippen MR) is 100 cm³/mol. The summed E-state index contributed by atoms with van der Waals surface area (Å²) in [5.74, 6) is 0.854. The second kappa shape index (κ2) is 6.14. The summed E-state index contributed by atoms with van der Waals surface area (Å²) in [6.07, 6.45) is 5.48. The van der Waals surface area contributed by atoms with Crippen LogP contribution in [0.5, 0.6) is 5.75 Å². The number of benzene rings is 1. The van der Waals surface area contributed by atoms with Crippen molar-refractivity contribution < 1.29 is 13.9 Å². The highest BCUT2D eigenvalue weighted by Crippen LogP contribution is 2.35. The highest BCUT2D eigenvalue weighted by atomic mass is 32.1. The minimum Gasteiger partial charge on any atom is -0.487 e. The molecule has 0 saturated heterocycles. The summed E-state index contributed by atoms with van der Waals surface area (Å²) >= 11 is 1.24. The molecule has 2 aromatic heterocycles. The molecule has 0 saturated carbocycles. The van der Waals surface area contributed by atoms with Crippen LogP contribution >= 0.6 is 11.3 Å². The number of carbonyl (C=O) groups excluding carboxylic acids is 1. The van der Waals surface area contributed by atoms with Gasteiger partial charge in [0.25, 0.3) is 5.56 Å². The van der Waals surface area contributed by atoms with Crippen LogP contribution in [0.2, 0.25) is 0 Å². The Morgan fingerprint density at radius 1 is 1.31 bits per heavy atom. The van der Waals surface area contributed by atoms with Crippen molar-refractivity contribution in [3.8, 4) is 5.75 Å². The number of fused-ring (bicyclic) bond motifs is 1. The number of ketones is 1. The van der Waals surface area contributed by atoms with Crippen LogP contribution < -0.4 is 19.5 Å². The third kappa shape index (κ3) is 3.28. The van der Waals surface area contributed by atoms with Gasteiger partial charge < -0.3 is 14.1 Å². The first-order chi connectivity index (χ1) is 12.4. The number of hydrogen-bond acceptors (Lipinski definition) is 5. The molecule has 0 aliphatic carbocycles. The van der Waals surface area contributed by atoms with E-state index in [-0.39, 0.29) is 22.7 Å². The zero-order chi connectivity index (χ0) is 18.3. The van der Waals surface area contributed by atoms with Gasteiger partial charge in [0.05, 0.1) is 15.5 Å². The fraction of sp³-hybridized carbons (Fsp3) is 0.200. The van der Waals surface area contributed by atoms with Crippen molar-refractivity contribution in [2.24, 2.45) is 0 Å². The van der Waals surface area contributed by atoms with E-state index in [1.165, 1.54) is 23.7 Å². The van der Waals surface area contributed by atoms with Crippen molar-refractivity contribution in [2.45, 2.75) is 25.9 Å². The van der Waals surface area contributed by atoms with E-state index in [4.69, 9.17) is 9.15 Å². The molecular formula is C20H17NO4S. The number of thiazole rings is 1. The van der Waals surface area contributed by atoms with Crippen molar-refractivity contribution in [3.05, 3.63) is 73.0 Å². The van der Waals surface area contributed by atoms with Crippen LogP contribution in [0.4, 0.5) is 0 Å². The van der Waals surface area contributed by atoms with Crippen LogP contribution in [0, 0.1) is 0 Å². The Balaban J connectivity index is 1.69. The molecular weight excluding hydrogens is 350 g/mol. The topological polar surface area (TPSA) is 72.3 Å². The van der Waals surface area contributed by atoms with E-state index in [9.17, 15) is 9.59 Å². The summed E-state index contributed by atoms with van der Waals surface area (Å²) in [4.78, 5) is 27.0. The van der Waals surface area contributed by atoms with Gasteiger partial charge in [0.2, 0.25) is 5.78 Å². The van der Waals surface area contributed by atoms with Crippen molar-refractivity contribution in [2.75, 3.05) is 0 Å². The van der Waals surface area contributed by atoms with E-state index in [0.29, 0.717) is 9.20 Å². The smallest absolute Gasteiger partial charge is 0.266 e. The maximum atomic E-state index is 12.2. The van der Waals surface area contributed by atoms with Crippen LogP contribution in [0.1, 0.15) is 35.5 Å². The molecule has 3 heterocycles. The summed E-state index contributed by atoms with van der Waals surface area (Å²) in [7, 11) is 0. The quantitative estimate of drug-likeness (QED) is 0.721. The predicted octanol–water partition coefficient (Wildman–Crippen LogP) is 2.24. The Hall–Kier alpha value is -2.86. The van der Waals surface area contributed by atoms with Crippen LogP contribution in [-0.4, -0.2) is 16.4 Å². The minimum absolute atomic E-state index is 0.199. The lowest BCUT2D eigenvalue weighted by atomic mass is 10.0. The van der Waals surface area contributed by atoms with Crippen LogP contribution in [0.15, 0.2) is 45.8 Å².